The van der Waals surface area contributed by atoms with E-state index in [2.05, 4.69) is 57.8 Å². The van der Waals surface area contributed by atoms with Crippen LogP contribution in [-0.2, 0) is 22.4 Å². The SMILES string of the molecule is CC1CCCC(C)C1c1cccc(C=Nc2ccc(C(C)(C)C)cc2)c1O.[Cl][Ti][Cl]. The standard InChI is InChI=1S/C25H33NO.2ClH.Ti/c1-17-8-6-9-18(2)23(17)22-11-7-10-19(24(22)27)16-26-21-14-12-20(13-15-21)25(3,4)5;;;/h7,10-18,23,27H,6,8-9H2,1-5H3;2*1H;/q;;;+2/p-2. The molecule has 3 rings (SSSR count). The van der Waals surface area contributed by atoms with Crippen LogP contribution < -0.4 is 0 Å². The molecule has 1 aliphatic carbocycles. The second-order valence-corrected chi connectivity index (χ2v) is 11.9. The molecular formula is C25H33Cl2NOTi. The fourth-order valence-corrected chi connectivity index (χ4v) is 4.44. The van der Waals surface area contributed by atoms with Gasteiger partial charge in [0, 0.05) is 11.8 Å². The van der Waals surface area contributed by atoms with E-state index in [4.69, 9.17) is 18.6 Å². The van der Waals surface area contributed by atoms with Crippen molar-refractivity contribution in [3.05, 3.63) is 59.2 Å². The summed E-state index contributed by atoms with van der Waals surface area (Å²) in [6.45, 7) is 11.3. The van der Waals surface area contributed by atoms with Gasteiger partial charge >= 0.3 is 35.6 Å². The van der Waals surface area contributed by atoms with Crippen molar-refractivity contribution in [2.45, 2.75) is 65.2 Å². The molecule has 162 valence electrons. The van der Waals surface area contributed by atoms with Gasteiger partial charge in [-0.1, -0.05) is 78.1 Å². The molecule has 0 aromatic heterocycles. The Balaban J connectivity index is 0.00000101. The first kappa shape index (κ1) is 25.5. The van der Waals surface area contributed by atoms with Crippen molar-refractivity contribution in [2.75, 3.05) is 0 Å². The van der Waals surface area contributed by atoms with E-state index in [9.17, 15) is 5.11 Å². The van der Waals surface area contributed by atoms with Crippen molar-refractivity contribution in [1.29, 1.82) is 0 Å². The molecule has 0 spiro atoms. The Labute approximate surface area is 198 Å². The van der Waals surface area contributed by atoms with Crippen LogP contribution >= 0.6 is 18.6 Å². The van der Waals surface area contributed by atoms with Gasteiger partial charge in [0.2, 0.25) is 0 Å². The molecule has 5 heteroatoms. The normalized spacial score (nSPS) is 21.8. The summed E-state index contributed by atoms with van der Waals surface area (Å²) in [4.78, 5) is 4.60. The Kier molecular flexibility index (Phi) is 9.95. The zero-order valence-corrected chi connectivity index (χ0v) is 21.7. The Morgan fingerprint density at radius 2 is 1.57 bits per heavy atom. The third-order valence-electron chi connectivity index (χ3n) is 6.09. The molecule has 2 aromatic rings. The first-order valence-electron chi connectivity index (χ1n) is 10.6. The predicted octanol–water partition coefficient (Wildman–Crippen LogP) is 8.36. The topological polar surface area (TPSA) is 32.6 Å². The Morgan fingerprint density at radius 3 is 2.10 bits per heavy atom. The van der Waals surface area contributed by atoms with Crippen LogP contribution in [0.25, 0.3) is 0 Å². The number of para-hydroxylation sites is 1. The zero-order chi connectivity index (χ0) is 22.3. The summed E-state index contributed by atoms with van der Waals surface area (Å²) in [6, 6.07) is 14.4. The maximum absolute atomic E-state index is 10.9. The van der Waals surface area contributed by atoms with Crippen LogP contribution in [0.5, 0.6) is 5.75 Å². The van der Waals surface area contributed by atoms with Crippen LogP contribution in [0, 0.1) is 11.8 Å². The second-order valence-electron chi connectivity index (χ2n) is 9.32. The molecule has 2 nitrogen and oxygen atoms in total. The zero-order valence-electron chi connectivity index (χ0n) is 18.6. The van der Waals surface area contributed by atoms with Gasteiger partial charge in [-0.25, -0.2) is 0 Å². The van der Waals surface area contributed by atoms with Crippen LogP contribution in [0.2, 0.25) is 0 Å². The number of nitrogens with zero attached hydrogens (tertiary/aromatic N) is 1. The molecule has 2 atom stereocenters. The summed E-state index contributed by atoms with van der Waals surface area (Å²) in [5.74, 6) is 2.05. The first-order chi connectivity index (χ1) is 14.2. The predicted molar refractivity (Wildman–Crippen MR) is 127 cm³/mol. The summed E-state index contributed by atoms with van der Waals surface area (Å²) in [6.07, 6.45) is 5.58. The van der Waals surface area contributed by atoms with Crippen LogP contribution in [0.4, 0.5) is 5.69 Å². The first-order valence-corrected chi connectivity index (χ1v) is 14.9. The van der Waals surface area contributed by atoms with Crippen LogP contribution in [-0.4, -0.2) is 11.3 Å². The molecule has 1 saturated carbocycles. The molecule has 0 aliphatic heterocycles. The van der Waals surface area contributed by atoms with Gasteiger partial charge in [0.1, 0.15) is 5.75 Å². The van der Waals surface area contributed by atoms with Crippen molar-refractivity contribution in [3.8, 4) is 5.75 Å². The van der Waals surface area contributed by atoms with E-state index in [1.807, 2.05) is 24.3 Å². The fraction of sp³-hybridized carbons (Fsp3) is 0.480. The minimum absolute atomic E-state index is 0.141. The van der Waals surface area contributed by atoms with E-state index in [1.165, 1.54) is 24.8 Å². The molecule has 1 fully saturated rings. The Bertz CT molecular complexity index is 820. The van der Waals surface area contributed by atoms with E-state index in [0.29, 0.717) is 23.5 Å². The second kappa shape index (κ2) is 11.7. The van der Waals surface area contributed by atoms with Gasteiger partial charge in [-0.3, -0.25) is 4.99 Å². The molecule has 0 bridgehead atoms. The third-order valence-corrected chi connectivity index (χ3v) is 6.09. The number of aliphatic imine (C=N–C) groups is 1. The number of benzene rings is 2. The molecule has 0 radical (unpaired) electrons. The molecular weight excluding hydrogens is 449 g/mol. The molecule has 1 aliphatic rings. The molecule has 2 unspecified atom stereocenters. The average molecular weight is 482 g/mol. The quantitative estimate of drug-likeness (QED) is 0.346. The summed E-state index contributed by atoms with van der Waals surface area (Å²) in [7, 11) is 9.78. The summed E-state index contributed by atoms with van der Waals surface area (Å²) in [5, 5.41) is 10.9. The monoisotopic (exact) mass is 481 g/mol. The van der Waals surface area contributed by atoms with Gasteiger partial charge in [0.25, 0.3) is 0 Å². The summed E-state index contributed by atoms with van der Waals surface area (Å²) < 4.78 is 0. The molecule has 1 N–H and O–H groups in total. The van der Waals surface area contributed by atoms with Crippen LogP contribution in [0.1, 0.15) is 76.5 Å². The minimum atomic E-state index is -0.556. The average Bonchev–Trinajstić information content (AvgIpc) is 2.68. The van der Waals surface area contributed by atoms with Gasteiger partial charge in [-0.15, -0.1) is 0 Å². The van der Waals surface area contributed by atoms with Crippen molar-refractivity contribution in [2.24, 2.45) is 16.8 Å². The van der Waals surface area contributed by atoms with Crippen molar-refractivity contribution < 1.29 is 22.1 Å². The number of phenolic OH excluding ortho intramolecular Hbond substituents is 1. The van der Waals surface area contributed by atoms with Gasteiger partial charge < -0.3 is 5.11 Å². The van der Waals surface area contributed by atoms with Gasteiger partial charge in [-0.05, 0) is 52.5 Å². The summed E-state index contributed by atoms with van der Waals surface area (Å²) >= 11 is -0.556. The van der Waals surface area contributed by atoms with Crippen molar-refractivity contribution in [1.82, 2.24) is 0 Å². The van der Waals surface area contributed by atoms with Gasteiger partial charge in [0.05, 0.1) is 5.69 Å². The van der Waals surface area contributed by atoms with Crippen molar-refractivity contribution >= 4 is 30.5 Å². The molecule has 0 heterocycles. The number of halogens is 2. The van der Waals surface area contributed by atoms with Gasteiger partial charge in [-0.2, -0.15) is 0 Å². The number of phenols is 1. The molecule has 2 aromatic carbocycles. The van der Waals surface area contributed by atoms with E-state index in [0.717, 1.165) is 16.8 Å². The Morgan fingerprint density at radius 1 is 1.00 bits per heavy atom. The van der Waals surface area contributed by atoms with Crippen LogP contribution in [0.3, 0.4) is 0 Å². The van der Waals surface area contributed by atoms with E-state index in [1.54, 1.807) is 6.21 Å². The van der Waals surface area contributed by atoms with Crippen molar-refractivity contribution in [3.63, 3.8) is 0 Å². The number of hydrogen-bond acceptors (Lipinski definition) is 2. The molecule has 0 amide bonds. The van der Waals surface area contributed by atoms with Gasteiger partial charge in [0.15, 0.2) is 0 Å². The number of aromatic hydroxyl groups is 1. The van der Waals surface area contributed by atoms with Crippen LogP contribution in [0.15, 0.2) is 47.5 Å². The molecule has 0 saturated heterocycles. The number of hydrogen-bond donors (Lipinski definition) is 1. The third kappa shape index (κ3) is 6.85. The fourth-order valence-electron chi connectivity index (χ4n) is 4.44. The number of rotatable bonds is 3. The molecule has 30 heavy (non-hydrogen) atoms. The van der Waals surface area contributed by atoms with E-state index in [-0.39, 0.29) is 5.41 Å². The van der Waals surface area contributed by atoms with E-state index >= 15 is 0 Å². The maximum atomic E-state index is 10.9. The summed E-state index contributed by atoms with van der Waals surface area (Å²) in [5.41, 5.74) is 4.24. The Hall–Kier alpha value is -0.796. The van der Waals surface area contributed by atoms with E-state index < -0.39 is 17.0 Å².